The Balaban J connectivity index is 2.01. The van der Waals surface area contributed by atoms with Gasteiger partial charge in [0.25, 0.3) is 0 Å². The fourth-order valence-corrected chi connectivity index (χ4v) is 3.54. The number of benzene rings is 3. The monoisotopic (exact) mass is 332 g/mol. The first-order valence-electron chi connectivity index (χ1n) is 7.94. The van der Waals surface area contributed by atoms with E-state index in [0.717, 1.165) is 22.4 Å². The molecule has 0 heterocycles. The molecule has 4 rings (SSSR count). The number of fused-ring (bicyclic) bond motifs is 2. The minimum atomic E-state index is -0.356. The molecule has 1 aliphatic rings. The van der Waals surface area contributed by atoms with Crippen LogP contribution in [0.25, 0.3) is 0 Å². The summed E-state index contributed by atoms with van der Waals surface area (Å²) in [7, 11) is 1.61. The van der Waals surface area contributed by atoms with Crippen molar-refractivity contribution in [2.45, 2.75) is 5.92 Å². The number of methoxy groups -OCH3 is 1. The minimum Gasteiger partial charge on any atom is -0.507 e. The van der Waals surface area contributed by atoms with E-state index in [1.54, 1.807) is 19.2 Å². The summed E-state index contributed by atoms with van der Waals surface area (Å²) < 4.78 is 5.22. The summed E-state index contributed by atoms with van der Waals surface area (Å²) in [6.07, 6.45) is 0. The highest BCUT2D eigenvalue weighted by molar-refractivity contribution is 6.16. The standard InChI is InChI=1S/C21H16O4/c1-25-13-10-8-12(9-11-13)18-14-4-2-6-16(22)19(14)21(24)20-15(18)5-3-7-17(20)23/h2-11,18,22-23H,1H3. The number of hydrogen-bond donors (Lipinski definition) is 2. The second kappa shape index (κ2) is 5.67. The zero-order chi connectivity index (χ0) is 17.6. The van der Waals surface area contributed by atoms with Crippen LogP contribution in [0.4, 0.5) is 0 Å². The molecule has 2 N–H and O–H groups in total. The highest BCUT2D eigenvalue weighted by atomic mass is 16.5. The summed E-state index contributed by atoms with van der Waals surface area (Å²) in [5.74, 6) is -0.0218. The molecule has 0 unspecified atom stereocenters. The number of hydrogen-bond acceptors (Lipinski definition) is 4. The summed E-state index contributed by atoms with van der Waals surface area (Å²) in [5.41, 5.74) is 2.91. The van der Waals surface area contributed by atoms with Gasteiger partial charge in [-0.15, -0.1) is 0 Å². The predicted octanol–water partition coefficient (Wildman–Crippen LogP) is 3.83. The van der Waals surface area contributed by atoms with Crippen LogP contribution in [0.1, 0.15) is 38.5 Å². The molecule has 0 radical (unpaired) electrons. The molecule has 0 amide bonds. The molecule has 0 saturated heterocycles. The van der Waals surface area contributed by atoms with Gasteiger partial charge in [-0.25, -0.2) is 0 Å². The van der Waals surface area contributed by atoms with Crippen LogP contribution in [0, 0.1) is 0 Å². The molecule has 25 heavy (non-hydrogen) atoms. The van der Waals surface area contributed by atoms with Crippen LogP contribution in [0.3, 0.4) is 0 Å². The number of phenols is 2. The van der Waals surface area contributed by atoms with E-state index < -0.39 is 0 Å². The second-order valence-corrected chi connectivity index (χ2v) is 6.02. The molecule has 0 aliphatic heterocycles. The molecule has 124 valence electrons. The van der Waals surface area contributed by atoms with E-state index in [1.807, 2.05) is 36.4 Å². The molecule has 0 atom stereocenters. The van der Waals surface area contributed by atoms with Gasteiger partial charge in [-0.2, -0.15) is 0 Å². The quantitative estimate of drug-likeness (QED) is 0.585. The Bertz CT molecular complexity index is 918. The fourth-order valence-electron chi connectivity index (χ4n) is 3.54. The smallest absolute Gasteiger partial charge is 0.201 e. The van der Waals surface area contributed by atoms with Crippen LogP contribution in [-0.4, -0.2) is 23.1 Å². The van der Waals surface area contributed by atoms with E-state index in [0.29, 0.717) is 0 Å². The Morgan fingerprint density at radius 1 is 0.800 bits per heavy atom. The average molecular weight is 332 g/mol. The molecule has 0 spiro atoms. The summed E-state index contributed by atoms with van der Waals surface area (Å²) in [4.78, 5) is 12.9. The molecule has 0 bridgehead atoms. The third kappa shape index (κ3) is 2.26. The number of phenolic OH excluding ortho intramolecular Hbond substituents is 2. The Kier molecular flexibility index (Phi) is 3.46. The third-order valence-electron chi connectivity index (χ3n) is 4.67. The van der Waals surface area contributed by atoms with Gasteiger partial charge in [0.2, 0.25) is 5.78 Å². The maximum absolute atomic E-state index is 12.9. The van der Waals surface area contributed by atoms with E-state index in [1.165, 1.54) is 12.1 Å². The molecule has 3 aromatic rings. The molecule has 0 aromatic heterocycles. The number of carbonyl (C=O) groups excluding carboxylic acids is 1. The number of ether oxygens (including phenoxy) is 1. The number of aromatic hydroxyl groups is 2. The zero-order valence-electron chi connectivity index (χ0n) is 13.6. The highest BCUT2D eigenvalue weighted by Crippen LogP contribution is 2.45. The van der Waals surface area contributed by atoms with Crippen LogP contribution in [0.5, 0.6) is 17.2 Å². The SMILES string of the molecule is COc1ccc(C2c3cccc(O)c3C(=O)c3c(O)cccc32)cc1. The summed E-state index contributed by atoms with van der Waals surface area (Å²) in [6.45, 7) is 0. The number of carbonyl (C=O) groups is 1. The predicted molar refractivity (Wildman–Crippen MR) is 93.6 cm³/mol. The van der Waals surface area contributed by atoms with Gasteiger partial charge in [0, 0.05) is 5.92 Å². The Morgan fingerprint density at radius 3 is 1.80 bits per heavy atom. The van der Waals surface area contributed by atoms with Crippen molar-refractivity contribution < 1.29 is 19.7 Å². The Morgan fingerprint density at radius 2 is 1.32 bits per heavy atom. The van der Waals surface area contributed by atoms with Crippen molar-refractivity contribution in [2.24, 2.45) is 0 Å². The van der Waals surface area contributed by atoms with Crippen molar-refractivity contribution in [3.8, 4) is 17.2 Å². The van der Waals surface area contributed by atoms with Gasteiger partial charge in [0.1, 0.15) is 17.2 Å². The maximum Gasteiger partial charge on any atom is 0.201 e. The largest absolute Gasteiger partial charge is 0.507 e. The van der Waals surface area contributed by atoms with Gasteiger partial charge >= 0.3 is 0 Å². The van der Waals surface area contributed by atoms with E-state index in [2.05, 4.69) is 0 Å². The van der Waals surface area contributed by atoms with Gasteiger partial charge < -0.3 is 14.9 Å². The molecule has 1 aliphatic carbocycles. The van der Waals surface area contributed by atoms with Crippen LogP contribution < -0.4 is 4.74 Å². The average Bonchev–Trinajstić information content (AvgIpc) is 2.62. The third-order valence-corrected chi connectivity index (χ3v) is 4.67. The van der Waals surface area contributed by atoms with Crippen molar-refractivity contribution in [2.75, 3.05) is 7.11 Å². The minimum absolute atomic E-state index is 0.0742. The lowest BCUT2D eigenvalue weighted by Crippen LogP contribution is -2.20. The molecular weight excluding hydrogens is 316 g/mol. The van der Waals surface area contributed by atoms with E-state index in [4.69, 9.17) is 4.74 Å². The maximum atomic E-state index is 12.9. The van der Waals surface area contributed by atoms with Crippen molar-refractivity contribution in [1.29, 1.82) is 0 Å². The van der Waals surface area contributed by atoms with Gasteiger partial charge in [-0.05, 0) is 41.0 Å². The van der Waals surface area contributed by atoms with E-state index in [9.17, 15) is 15.0 Å². The second-order valence-electron chi connectivity index (χ2n) is 6.02. The zero-order valence-corrected chi connectivity index (χ0v) is 13.6. The Labute approximate surface area is 144 Å². The Hall–Kier alpha value is -3.27. The van der Waals surface area contributed by atoms with Crippen LogP contribution in [0.2, 0.25) is 0 Å². The lowest BCUT2D eigenvalue weighted by Gasteiger charge is -2.29. The van der Waals surface area contributed by atoms with Crippen LogP contribution in [-0.2, 0) is 0 Å². The van der Waals surface area contributed by atoms with Crippen LogP contribution in [0.15, 0.2) is 60.7 Å². The van der Waals surface area contributed by atoms with Gasteiger partial charge in [-0.1, -0.05) is 36.4 Å². The fraction of sp³-hybridized carbons (Fsp3) is 0.0952. The molecule has 4 heteroatoms. The molecular formula is C21H16O4. The van der Waals surface area contributed by atoms with Gasteiger partial charge in [0.15, 0.2) is 0 Å². The van der Waals surface area contributed by atoms with Crippen LogP contribution >= 0.6 is 0 Å². The van der Waals surface area contributed by atoms with Crippen molar-refractivity contribution in [1.82, 2.24) is 0 Å². The van der Waals surface area contributed by atoms with Gasteiger partial charge in [-0.3, -0.25) is 4.79 Å². The van der Waals surface area contributed by atoms with E-state index in [-0.39, 0.29) is 34.3 Å². The summed E-state index contributed by atoms with van der Waals surface area (Å²) in [6, 6.07) is 17.7. The molecule has 0 saturated carbocycles. The van der Waals surface area contributed by atoms with Crippen molar-refractivity contribution in [3.05, 3.63) is 88.5 Å². The first-order chi connectivity index (χ1) is 12.1. The number of rotatable bonds is 2. The highest BCUT2D eigenvalue weighted by Gasteiger charge is 2.35. The van der Waals surface area contributed by atoms with Gasteiger partial charge in [0.05, 0.1) is 18.2 Å². The normalized spacial score (nSPS) is 13.2. The first kappa shape index (κ1) is 15.3. The molecule has 4 nitrogen and oxygen atoms in total. The number of ketones is 1. The summed E-state index contributed by atoms with van der Waals surface area (Å²) >= 11 is 0. The van der Waals surface area contributed by atoms with E-state index >= 15 is 0 Å². The molecule has 0 fully saturated rings. The lowest BCUT2D eigenvalue weighted by molar-refractivity contribution is 0.102. The summed E-state index contributed by atoms with van der Waals surface area (Å²) in [5, 5.41) is 20.5. The first-order valence-corrected chi connectivity index (χ1v) is 7.94. The van der Waals surface area contributed by atoms with Crippen molar-refractivity contribution >= 4 is 5.78 Å². The topological polar surface area (TPSA) is 66.8 Å². The molecule has 3 aromatic carbocycles. The van der Waals surface area contributed by atoms with Crippen molar-refractivity contribution in [3.63, 3.8) is 0 Å². The lowest BCUT2D eigenvalue weighted by atomic mass is 9.74.